The molecule has 0 bridgehead atoms. The maximum Gasteiger partial charge on any atom is 0.438 e. The summed E-state index contributed by atoms with van der Waals surface area (Å²) < 4.78 is 121. The molecule has 148 valence electrons. The fourth-order valence-corrected chi connectivity index (χ4v) is 2.59. The second-order valence-corrected chi connectivity index (χ2v) is 6.78. The summed E-state index contributed by atoms with van der Waals surface area (Å²) in [5.74, 6) is -4.91. The Morgan fingerprint density at radius 1 is 1.24 bits per heavy atom. The summed E-state index contributed by atoms with van der Waals surface area (Å²) in [5.41, 5.74) is -5.40. The second-order valence-electron chi connectivity index (χ2n) is 5.33. The zero-order valence-corrected chi connectivity index (χ0v) is 13.4. The van der Waals surface area contributed by atoms with E-state index in [1.165, 1.54) is 6.92 Å². The smallest absolute Gasteiger partial charge is 0.438 e. The summed E-state index contributed by atoms with van der Waals surface area (Å²) in [6, 6.07) is 0. The van der Waals surface area contributed by atoms with Crippen molar-refractivity contribution in [3.63, 3.8) is 0 Å². The van der Waals surface area contributed by atoms with Crippen LogP contribution in [-0.4, -0.2) is 68.1 Å². The Labute approximate surface area is 138 Å². The predicted molar refractivity (Wildman–Crippen MR) is 67.1 cm³/mol. The Bertz CT molecular complexity index is 567. The fraction of sp³-hybridized carbons (Fsp3) is 0.909. The summed E-state index contributed by atoms with van der Waals surface area (Å²) in [4.78, 5) is 11.5. The molecule has 14 heteroatoms. The number of esters is 1. The van der Waals surface area contributed by atoms with E-state index < -0.39 is 52.3 Å². The zero-order chi connectivity index (χ0) is 19.7. The molecule has 0 spiro atoms. The van der Waals surface area contributed by atoms with Crippen molar-refractivity contribution in [2.45, 2.75) is 43.5 Å². The van der Waals surface area contributed by atoms with Crippen LogP contribution in [0.2, 0.25) is 0 Å². The number of carbonyl (C=O) groups is 1. The molecule has 1 aliphatic heterocycles. The molecule has 2 unspecified atom stereocenters. The molecule has 1 aliphatic rings. The first-order valence-corrected chi connectivity index (χ1v) is 8.22. The van der Waals surface area contributed by atoms with Crippen molar-refractivity contribution in [1.29, 1.82) is 0 Å². The van der Waals surface area contributed by atoms with Crippen LogP contribution in [0, 0.1) is 0 Å². The molecule has 1 fully saturated rings. The summed E-state index contributed by atoms with van der Waals surface area (Å²) in [6.07, 6.45) is -15.1. The highest BCUT2D eigenvalue weighted by Gasteiger charge is 2.75. The van der Waals surface area contributed by atoms with Crippen LogP contribution in [0.15, 0.2) is 0 Å². The summed E-state index contributed by atoms with van der Waals surface area (Å²) in [6.45, 7) is 1.54. The number of hydrogen-bond acceptors (Lipinski definition) is 6. The van der Waals surface area contributed by atoms with Crippen LogP contribution in [0.5, 0.6) is 0 Å². The van der Waals surface area contributed by atoms with Crippen molar-refractivity contribution in [3.8, 4) is 0 Å². The fourth-order valence-electron chi connectivity index (χ4n) is 1.69. The molecule has 0 aromatic heterocycles. The quantitative estimate of drug-likeness (QED) is 0.283. The van der Waals surface area contributed by atoms with Crippen molar-refractivity contribution < 1.29 is 58.3 Å². The molecule has 1 saturated heterocycles. The molecule has 0 aliphatic carbocycles. The van der Waals surface area contributed by atoms with Crippen molar-refractivity contribution in [2.75, 3.05) is 19.0 Å². The van der Waals surface area contributed by atoms with Crippen molar-refractivity contribution in [1.82, 2.24) is 0 Å². The molecule has 0 aromatic carbocycles. The molecule has 0 amide bonds. The second kappa shape index (κ2) is 7.25. The maximum atomic E-state index is 12.9. The van der Waals surface area contributed by atoms with Gasteiger partial charge in [-0.25, -0.2) is 0 Å². The summed E-state index contributed by atoms with van der Waals surface area (Å²) in [7, 11) is -5.80. The number of hydrogen-bond donors (Lipinski definition) is 1. The van der Waals surface area contributed by atoms with E-state index in [0.29, 0.717) is 6.61 Å². The highest BCUT2D eigenvalue weighted by molar-refractivity contribution is 7.85. The van der Waals surface area contributed by atoms with Crippen molar-refractivity contribution in [3.05, 3.63) is 0 Å². The van der Waals surface area contributed by atoms with E-state index in [-0.39, 0.29) is 12.7 Å². The number of epoxide rings is 1. The lowest BCUT2D eigenvalue weighted by molar-refractivity contribution is -0.361. The molecule has 1 rings (SSSR count). The Morgan fingerprint density at radius 3 is 2.08 bits per heavy atom. The molecular weight excluding hydrogens is 390 g/mol. The van der Waals surface area contributed by atoms with E-state index >= 15 is 0 Å². The number of rotatable bonds is 8. The van der Waals surface area contributed by atoms with Crippen LogP contribution in [0.3, 0.4) is 0 Å². The van der Waals surface area contributed by atoms with Gasteiger partial charge in [0.1, 0.15) is 11.9 Å². The molecule has 1 heterocycles. The van der Waals surface area contributed by atoms with Crippen LogP contribution in [-0.2, 0) is 29.1 Å². The van der Waals surface area contributed by atoms with Gasteiger partial charge in [0.2, 0.25) is 0 Å². The zero-order valence-electron chi connectivity index (χ0n) is 12.6. The van der Waals surface area contributed by atoms with Gasteiger partial charge in [-0.05, 0) is 6.92 Å². The molecule has 0 aromatic rings. The van der Waals surface area contributed by atoms with Gasteiger partial charge in [-0.3, -0.25) is 9.35 Å². The van der Waals surface area contributed by atoms with Crippen molar-refractivity contribution in [2.24, 2.45) is 0 Å². The molecule has 0 radical (unpaired) electrons. The first-order valence-electron chi connectivity index (χ1n) is 6.61. The van der Waals surface area contributed by atoms with Crippen molar-refractivity contribution >= 4 is 16.1 Å². The van der Waals surface area contributed by atoms with E-state index in [9.17, 15) is 39.6 Å². The van der Waals surface area contributed by atoms with E-state index in [1.54, 1.807) is 0 Å². The monoisotopic (exact) mass is 404 g/mol. The van der Waals surface area contributed by atoms with Gasteiger partial charge in [0.25, 0.3) is 10.1 Å². The normalized spacial score (nSPS) is 20.2. The van der Waals surface area contributed by atoms with Crippen LogP contribution in [0.1, 0.15) is 13.3 Å². The third-order valence-corrected chi connectivity index (χ3v) is 3.78. The highest BCUT2D eigenvalue weighted by Crippen LogP contribution is 2.47. The van der Waals surface area contributed by atoms with Gasteiger partial charge < -0.3 is 14.2 Å². The van der Waals surface area contributed by atoms with E-state index in [1.807, 2.05) is 0 Å². The van der Waals surface area contributed by atoms with Gasteiger partial charge in [0, 0.05) is 0 Å². The molecule has 7 nitrogen and oxygen atoms in total. The maximum absolute atomic E-state index is 12.9. The topological polar surface area (TPSA) is 102 Å². The molecule has 0 saturated carbocycles. The first kappa shape index (κ1) is 21.9. The van der Waals surface area contributed by atoms with E-state index in [0.717, 1.165) is 0 Å². The van der Waals surface area contributed by atoms with Gasteiger partial charge in [-0.2, -0.15) is 34.8 Å². The lowest BCUT2D eigenvalue weighted by atomic mass is 10.1. The van der Waals surface area contributed by atoms with Crippen LogP contribution >= 0.6 is 0 Å². The van der Waals surface area contributed by atoms with Gasteiger partial charge in [0.15, 0.2) is 0 Å². The van der Waals surface area contributed by atoms with Crippen LogP contribution in [0.25, 0.3) is 0 Å². The Morgan fingerprint density at radius 2 is 1.72 bits per heavy atom. The number of alkyl halides is 6. The van der Waals surface area contributed by atoms with Gasteiger partial charge in [-0.15, -0.1) is 0 Å². The Hall–Kier alpha value is -1.12. The average molecular weight is 404 g/mol. The summed E-state index contributed by atoms with van der Waals surface area (Å²) in [5, 5.41) is 0. The number of carbonyl (C=O) groups excluding carboxylic acids is 1. The van der Waals surface area contributed by atoms with Gasteiger partial charge in [0.05, 0.1) is 25.7 Å². The van der Waals surface area contributed by atoms with E-state index in [2.05, 4.69) is 4.74 Å². The first-order chi connectivity index (χ1) is 11.1. The Balaban J connectivity index is 2.96. The Kier molecular flexibility index (Phi) is 6.35. The van der Waals surface area contributed by atoms with Gasteiger partial charge in [-0.1, -0.05) is 0 Å². The SMILES string of the molecule is CC(CC(=O)OC(CS(=O)(=O)O)(C(F)(F)F)C(F)(F)F)OCC1CO1. The number of ether oxygens (including phenoxy) is 3. The minimum Gasteiger partial charge on any atom is -0.438 e. The minimum atomic E-state index is -6.34. The molecule has 25 heavy (non-hydrogen) atoms. The van der Waals surface area contributed by atoms with Crippen LogP contribution < -0.4 is 0 Å². The summed E-state index contributed by atoms with van der Waals surface area (Å²) >= 11 is 0. The number of halogens is 6. The van der Waals surface area contributed by atoms with E-state index in [4.69, 9.17) is 14.0 Å². The highest BCUT2D eigenvalue weighted by atomic mass is 32.2. The minimum absolute atomic E-state index is 0.0247. The lowest BCUT2D eigenvalue weighted by Gasteiger charge is -2.35. The molecule has 2 atom stereocenters. The molecule has 1 N–H and O–H groups in total. The third kappa shape index (κ3) is 6.27. The average Bonchev–Trinajstić information content (AvgIpc) is 3.14. The lowest BCUT2D eigenvalue weighted by Crippen LogP contribution is -2.63. The third-order valence-electron chi connectivity index (χ3n) is 3.01. The largest absolute Gasteiger partial charge is 0.438 e. The molecular formula is C11H14F6O7S. The van der Waals surface area contributed by atoms with Gasteiger partial charge >= 0.3 is 23.9 Å². The predicted octanol–water partition coefficient (Wildman–Crippen LogP) is 1.47. The van der Waals surface area contributed by atoms with Crippen LogP contribution in [0.4, 0.5) is 26.3 Å². The standard InChI is InChI=1S/C11H14F6O7S/c1-6(22-3-7-4-23-7)2-8(18)24-9(10(12,13)14,11(15,16)17)5-25(19,20)21/h6-7H,2-5H2,1H3,(H,19,20,21).